The number of aromatic nitrogens is 4. The molecule has 0 bridgehead atoms. The van der Waals surface area contributed by atoms with E-state index in [-0.39, 0.29) is 17.5 Å². The van der Waals surface area contributed by atoms with Crippen LogP contribution in [0.5, 0.6) is 5.75 Å². The predicted octanol–water partition coefficient (Wildman–Crippen LogP) is 8.83. The van der Waals surface area contributed by atoms with E-state index in [4.69, 9.17) is 33.0 Å². The maximum atomic E-state index is 14.9. The summed E-state index contributed by atoms with van der Waals surface area (Å²) in [5.41, 5.74) is 9.38. The minimum absolute atomic E-state index is 0.158. The molecule has 0 saturated heterocycles. The van der Waals surface area contributed by atoms with Gasteiger partial charge in [-0.05, 0) is 101 Å². The first-order valence-electron chi connectivity index (χ1n) is 16.7. The lowest BCUT2D eigenvalue weighted by Crippen LogP contribution is -2.47. The molecule has 4 heterocycles. The molecule has 1 N–H and O–H groups in total. The first kappa shape index (κ1) is 33.8. The Hall–Kier alpha value is -4.73. The van der Waals surface area contributed by atoms with Crippen LogP contribution in [0.3, 0.4) is 0 Å². The van der Waals surface area contributed by atoms with Crippen molar-refractivity contribution < 1.29 is 19.4 Å². The van der Waals surface area contributed by atoms with Crippen molar-refractivity contribution in [1.82, 2.24) is 18.9 Å². The van der Waals surface area contributed by atoms with E-state index in [0.29, 0.717) is 47.8 Å². The number of benzene rings is 3. The van der Waals surface area contributed by atoms with Crippen LogP contribution in [0.25, 0.3) is 32.9 Å². The van der Waals surface area contributed by atoms with Crippen molar-refractivity contribution >= 4 is 62.6 Å². The third-order valence-corrected chi connectivity index (χ3v) is 11.0. The number of carbonyl (C=O) groups is 2. The van der Waals surface area contributed by atoms with Gasteiger partial charge in [0.2, 0.25) is 0 Å². The van der Waals surface area contributed by atoms with E-state index in [2.05, 4.69) is 4.57 Å². The number of carboxylic acids is 1. The average molecular weight is 713 g/mol. The quantitative estimate of drug-likeness (QED) is 0.159. The Bertz CT molecular complexity index is 2360. The Morgan fingerprint density at radius 2 is 1.72 bits per heavy atom. The molecule has 0 radical (unpaired) electrons. The number of hydrogen-bond donors (Lipinski definition) is 1. The zero-order chi connectivity index (χ0) is 35.8. The molecule has 0 saturated carbocycles. The SMILES string of the molecule is Cc1cc(OCCCc2c3n(c4c(-c5c(C)nn(C)c5C)c(Cl)ccc24)C[C@@H](C)N(c2cc(C(=O)O)c4ccn(C)c4c2)C3=O)cc(C)c1Cl. The number of aryl methyl sites for hydroxylation is 6. The van der Waals surface area contributed by atoms with E-state index in [1.165, 1.54) is 0 Å². The summed E-state index contributed by atoms with van der Waals surface area (Å²) in [7, 11) is 3.79. The number of nitrogens with zero attached hydrogens (tertiary/aromatic N) is 5. The summed E-state index contributed by atoms with van der Waals surface area (Å²) >= 11 is 13.4. The van der Waals surface area contributed by atoms with Gasteiger partial charge in [0, 0.05) is 65.1 Å². The molecule has 6 aromatic rings. The smallest absolute Gasteiger partial charge is 0.336 e. The van der Waals surface area contributed by atoms with Crippen molar-refractivity contribution in [3.63, 3.8) is 0 Å². The minimum Gasteiger partial charge on any atom is -0.494 e. The predicted molar refractivity (Wildman–Crippen MR) is 200 cm³/mol. The van der Waals surface area contributed by atoms with E-state index in [1.807, 2.05) is 94.5 Å². The average Bonchev–Trinajstić information content (AvgIpc) is 3.67. The van der Waals surface area contributed by atoms with Gasteiger partial charge in [-0.25, -0.2) is 4.79 Å². The lowest BCUT2D eigenvalue weighted by molar-refractivity contribution is 0.0698. The van der Waals surface area contributed by atoms with Crippen LogP contribution >= 0.6 is 23.2 Å². The molecule has 0 aliphatic carbocycles. The molecule has 0 spiro atoms. The van der Waals surface area contributed by atoms with Gasteiger partial charge in [-0.2, -0.15) is 5.10 Å². The number of anilines is 1. The maximum absolute atomic E-state index is 14.9. The van der Waals surface area contributed by atoms with Crippen LogP contribution in [0.4, 0.5) is 5.69 Å². The molecule has 258 valence electrons. The second-order valence-corrected chi connectivity index (χ2v) is 14.2. The molecular weight excluding hydrogens is 673 g/mol. The Kier molecular flexibility index (Phi) is 8.47. The number of carbonyl (C=O) groups excluding carboxylic acids is 1. The van der Waals surface area contributed by atoms with E-state index >= 15 is 0 Å². The number of amides is 1. The van der Waals surface area contributed by atoms with Crippen LogP contribution in [0, 0.1) is 27.7 Å². The van der Waals surface area contributed by atoms with E-state index in [1.54, 1.807) is 17.0 Å². The van der Waals surface area contributed by atoms with Crippen LogP contribution in [0.15, 0.2) is 48.7 Å². The topological polar surface area (TPSA) is 94.5 Å². The zero-order valence-corrected chi connectivity index (χ0v) is 30.7. The van der Waals surface area contributed by atoms with Crippen LogP contribution < -0.4 is 9.64 Å². The summed E-state index contributed by atoms with van der Waals surface area (Å²) in [5, 5.41) is 17.7. The molecule has 1 aliphatic rings. The molecule has 7 rings (SSSR count). The zero-order valence-electron chi connectivity index (χ0n) is 29.2. The van der Waals surface area contributed by atoms with Crippen molar-refractivity contribution in [1.29, 1.82) is 0 Å². The van der Waals surface area contributed by atoms with Crippen molar-refractivity contribution in [2.24, 2.45) is 14.1 Å². The highest BCUT2D eigenvalue weighted by atomic mass is 35.5. The fraction of sp³-hybridized carbons (Fsp3) is 0.308. The first-order chi connectivity index (χ1) is 23.8. The third-order valence-electron chi connectivity index (χ3n) is 10.1. The van der Waals surface area contributed by atoms with Gasteiger partial charge in [-0.15, -0.1) is 0 Å². The highest BCUT2D eigenvalue weighted by molar-refractivity contribution is 6.35. The van der Waals surface area contributed by atoms with E-state index in [9.17, 15) is 14.7 Å². The monoisotopic (exact) mass is 711 g/mol. The van der Waals surface area contributed by atoms with Gasteiger partial charge in [-0.1, -0.05) is 29.3 Å². The Morgan fingerprint density at radius 3 is 2.38 bits per heavy atom. The second-order valence-electron chi connectivity index (χ2n) is 13.4. The van der Waals surface area contributed by atoms with Crippen LogP contribution in [0.1, 0.15) is 62.3 Å². The van der Waals surface area contributed by atoms with Crippen molar-refractivity contribution in [2.45, 2.75) is 60.0 Å². The molecule has 3 aromatic carbocycles. The summed E-state index contributed by atoms with van der Waals surface area (Å²) in [6.45, 7) is 10.8. The second kappa shape index (κ2) is 12.5. The van der Waals surface area contributed by atoms with Gasteiger partial charge in [0.05, 0.1) is 40.0 Å². The van der Waals surface area contributed by atoms with Crippen molar-refractivity contribution in [3.05, 3.63) is 98.0 Å². The Balaban J connectivity index is 1.37. The molecule has 11 heteroatoms. The molecule has 0 unspecified atom stereocenters. The fourth-order valence-electron chi connectivity index (χ4n) is 7.68. The number of ether oxygens (including phenoxy) is 1. The first-order valence-corrected chi connectivity index (χ1v) is 17.4. The number of hydrogen-bond acceptors (Lipinski definition) is 4. The number of fused-ring (bicyclic) bond motifs is 4. The van der Waals surface area contributed by atoms with Crippen LogP contribution in [0.2, 0.25) is 10.0 Å². The molecule has 1 amide bonds. The number of carboxylic acid groups (broad SMARTS) is 1. The van der Waals surface area contributed by atoms with Gasteiger partial charge in [-0.3, -0.25) is 9.48 Å². The maximum Gasteiger partial charge on any atom is 0.336 e. The van der Waals surface area contributed by atoms with Gasteiger partial charge in [0.1, 0.15) is 11.4 Å². The molecule has 9 nitrogen and oxygen atoms in total. The van der Waals surface area contributed by atoms with Crippen LogP contribution in [-0.4, -0.2) is 48.5 Å². The van der Waals surface area contributed by atoms with Gasteiger partial charge >= 0.3 is 5.97 Å². The molecule has 50 heavy (non-hydrogen) atoms. The lowest BCUT2D eigenvalue weighted by Gasteiger charge is -2.36. The number of aromatic carboxylic acids is 1. The standard InChI is InChI=1S/C39H39Cl2N5O4/c1-20-15-26(16-21(2)35(20)41)50-14-8-9-28-29-10-11-31(40)34(33-23(4)42-44(7)24(33)5)36(29)45-19-22(3)46(38(47)37(28)45)25-17-30(39(48)49)27-12-13-43(6)32(27)18-25/h10-13,15-18,22H,8-9,14,19H2,1-7H3,(H,48,49)/t22-/m1/s1. The van der Waals surface area contributed by atoms with E-state index in [0.717, 1.165) is 66.4 Å². The molecule has 1 aliphatic heterocycles. The van der Waals surface area contributed by atoms with Crippen molar-refractivity contribution in [3.8, 4) is 16.9 Å². The normalized spacial score (nSPS) is 14.6. The minimum atomic E-state index is -1.04. The van der Waals surface area contributed by atoms with Crippen molar-refractivity contribution in [2.75, 3.05) is 11.5 Å². The number of halogens is 2. The highest BCUT2D eigenvalue weighted by Gasteiger charge is 2.37. The molecule has 3 aromatic heterocycles. The van der Waals surface area contributed by atoms with Gasteiger partial charge in [0.15, 0.2) is 0 Å². The molecule has 1 atom stereocenters. The van der Waals surface area contributed by atoms with Gasteiger partial charge in [0.25, 0.3) is 5.91 Å². The van der Waals surface area contributed by atoms with Gasteiger partial charge < -0.3 is 23.9 Å². The summed E-state index contributed by atoms with van der Waals surface area (Å²) in [6, 6.07) is 12.8. The summed E-state index contributed by atoms with van der Waals surface area (Å²) < 4.78 is 12.0. The van der Waals surface area contributed by atoms with Crippen LogP contribution in [-0.2, 0) is 27.1 Å². The fourth-order valence-corrected chi connectivity index (χ4v) is 8.04. The largest absolute Gasteiger partial charge is 0.494 e. The summed E-state index contributed by atoms with van der Waals surface area (Å²) in [5.74, 6) is -0.472. The highest BCUT2D eigenvalue weighted by Crippen LogP contribution is 2.44. The summed E-state index contributed by atoms with van der Waals surface area (Å²) in [4.78, 5) is 29.1. The Morgan fingerprint density at radius 1 is 1.00 bits per heavy atom. The lowest BCUT2D eigenvalue weighted by atomic mass is 9.98. The third kappa shape index (κ3) is 5.34. The molecular formula is C39H39Cl2N5O4. The van der Waals surface area contributed by atoms with E-state index < -0.39 is 5.97 Å². The summed E-state index contributed by atoms with van der Waals surface area (Å²) in [6.07, 6.45) is 3.05. The Labute approximate surface area is 300 Å². The number of rotatable bonds is 8. The molecule has 0 fully saturated rings.